The maximum Gasteiger partial charge on any atom is 0.235 e. The third-order valence-corrected chi connectivity index (χ3v) is 3.57. The van der Waals surface area contributed by atoms with Crippen LogP contribution in [0.3, 0.4) is 0 Å². The number of carbonyl (C=O) groups excluding carboxylic acids is 3. The molecule has 0 saturated heterocycles. The van der Waals surface area contributed by atoms with Crippen molar-refractivity contribution in [3.05, 3.63) is 66.2 Å². The van der Waals surface area contributed by atoms with E-state index in [2.05, 4.69) is 10.6 Å². The van der Waals surface area contributed by atoms with Crippen LogP contribution in [0.5, 0.6) is 0 Å². The van der Waals surface area contributed by atoms with E-state index in [1.54, 1.807) is 54.6 Å². The van der Waals surface area contributed by atoms with Crippen molar-refractivity contribution in [2.45, 2.75) is 26.3 Å². The number of rotatable bonds is 7. The Kier molecular flexibility index (Phi) is 6.46. The average molecular weight is 338 g/mol. The van der Waals surface area contributed by atoms with E-state index in [0.717, 1.165) is 0 Å². The van der Waals surface area contributed by atoms with Crippen LogP contribution in [0, 0.1) is 5.92 Å². The maximum absolute atomic E-state index is 12.8. The topological polar surface area (TPSA) is 75.3 Å². The van der Waals surface area contributed by atoms with Gasteiger partial charge in [0.05, 0.1) is 0 Å². The number of benzene rings is 2. The summed E-state index contributed by atoms with van der Waals surface area (Å²) in [6.45, 7) is 3.66. The third kappa shape index (κ3) is 5.57. The van der Waals surface area contributed by atoms with Gasteiger partial charge in [0.15, 0.2) is 5.78 Å². The zero-order chi connectivity index (χ0) is 18.2. The van der Waals surface area contributed by atoms with Crippen LogP contribution in [0.15, 0.2) is 60.7 Å². The maximum atomic E-state index is 12.8. The summed E-state index contributed by atoms with van der Waals surface area (Å²) in [4.78, 5) is 37.5. The normalized spacial score (nSPS) is 11.6. The summed E-state index contributed by atoms with van der Waals surface area (Å²) < 4.78 is 0. The highest BCUT2D eigenvalue weighted by molar-refractivity contribution is 6.15. The molecule has 0 aromatic heterocycles. The molecule has 25 heavy (non-hydrogen) atoms. The van der Waals surface area contributed by atoms with Gasteiger partial charge in [0.1, 0.15) is 5.92 Å². The largest absolute Gasteiger partial charge is 0.354 e. The molecule has 130 valence electrons. The lowest BCUT2D eigenvalue weighted by molar-refractivity contribution is -0.126. The van der Waals surface area contributed by atoms with E-state index in [1.165, 1.54) is 0 Å². The monoisotopic (exact) mass is 338 g/mol. The molecular weight excluding hydrogens is 316 g/mol. The highest BCUT2D eigenvalue weighted by Gasteiger charge is 2.30. The van der Waals surface area contributed by atoms with Gasteiger partial charge in [-0.25, -0.2) is 0 Å². The first kappa shape index (κ1) is 18.4. The predicted molar refractivity (Wildman–Crippen MR) is 97.2 cm³/mol. The fourth-order valence-electron chi connectivity index (χ4n) is 2.43. The summed E-state index contributed by atoms with van der Waals surface area (Å²) in [5, 5.41) is 5.44. The molecule has 0 heterocycles. The van der Waals surface area contributed by atoms with Crippen LogP contribution in [0.25, 0.3) is 0 Å². The Bertz CT molecular complexity index is 727. The second kappa shape index (κ2) is 8.78. The summed E-state index contributed by atoms with van der Waals surface area (Å²) >= 11 is 0. The van der Waals surface area contributed by atoms with E-state index in [1.807, 2.05) is 19.9 Å². The minimum Gasteiger partial charge on any atom is -0.354 e. The molecule has 0 saturated carbocycles. The lowest BCUT2D eigenvalue weighted by Crippen LogP contribution is -2.37. The molecule has 2 amide bonds. The van der Waals surface area contributed by atoms with Gasteiger partial charge in [0.25, 0.3) is 0 Å². The van der Waals surface area contributed by atoms with Crippen LogP contribution in [-0.4, -0.2) is 23.6 Å². The number of para-hydroxylation sites is 1. The van der Waals surface area contributed by atoms with Crippen molar-refractivity contribution >= 4 is 23.3 Å². The SMILES string of the molecule is CC(C)NC(=O)CC(C(=O)Nc1ccccc1)C(=O)c1ccccc1. The van der Waals surface area contributed by atoms with Gasteiger partial charge in [-0.15, -0.1) is 0 Å². The summed E-state index contributed by atoms with van der Waals surface area (Å²) in [6, 6.07) is 17.4. The molecule has 1 atom stereocenters. The Morgan fingerprint density at radius 2 is 1.44 bits per heavy atom. The molecule has 0 aliphatic heterocycles. The van der Waals surface area contributed by atoms with Crippen molar-refractivity contribution in [1.29, 1.82) is 0 Å². The first-order valence-corrected chi connectivity index (χ1v) is 8.22. The van der Waals surface area contributed by atoms with Crippen LogP contribution in [0.2, 0.25) is 0 Å². The van der Waals surface area contributed by atoms with Gasteiger partial charge in [-0.1, -0.05) is 48.5 Å². The first-order valence-electron chi connectivity index (χ1n) is 8.22. The van der Waals surface area contributed by atoms with Crippen molar-refractivity contribution in [2.24, 2.45) is 5.92 Å². The molecule has 0 aliphatic rings. The van der Waals surface area contributed by atoms with Crippen molar-refractivity contribution in [2.75, 3.05) is 5.32 Å². The zero-order valence-electron chi connectivity index (χ0n) is 14.4. The predicted octanol–water partition coefficient (Wildman–Crippen LogP) is 3.04. The number of hydrogen-bond acceptors (Lipinski definition) is 3. The number of ketones is 1. The zero-order valence-corrected chi connectivity index (χ0v) is 14.4. The second-order valence-corrected chi connectivity index (χ2v) is 6.06. The Morgan fingerprint density at radius 3 is 2.00 bits per heavy atom. The van der Waals surface area contributed by atoms with Crippen LogP contribution >= 0.6 is 0 Å². The molecule has 2 aromatic rings. The van der Waals surface area contributed by atoms with E-state index in [-0.39, 0.29) is 24.2 Å². The first-order chi connectivity index (χ1) is 12.0. The number of Topliss-reactive ketones (excluding diaryl/α,β-unsaturated/α-hetero) is 1. The Hall–Kier alpha value is -2.95. The Labute approximate surface area is 147 Å². The number of anilines is 1. The van der Waals surface area contributed by atoms with Gasteiger partial charge in [-0.2, -0.15) is 0 Å². The fraction of sp³-hybridized carbons (Fsp3) is 0.250. The van der Waals surface area contributed by atoms with Crippen LogP contribution in [0.4, 0.5) is 5.69 Å². The highest BCUT2D eigenvalue weighted by atomic mass is 16.2. The van der Waals surface area contributed by atoms with E-state index >= 15 is 0 Å². The molecule has 0 radical (unpaired) electrons. The standard InChI is InChI=1S/C20H22N2O3/c1-14(2)21-18(23)13-17(19(24)15-9-5-3-6-10-15)20(25)22-16-11-7-4-8-12-16/h3-12,14,17H,13H2,1-2H3,(H,21,23)(H,22,25). The molecule has 5 heteroatoms. The molecule has 5 nitrogen and oxygen atoms in total. The van der Waals surface area contributed by atoms with Gasteiger partial charge >= 0.3 is 0 Å². The molecule has 2 aromatic carbocycles. The molecule has 0 fully saturated rings. The lowest BCUT2D eigenvalue weighted by atomic mass is 9.93. The van der Waals surface area contributed by atoms with Crippen molar-refractivity contribution in [3.8, 4) is 0 Å². The molecule has 1 unspecified atom stereocenters. The quantitative estimate of drug-likeness (QED) is 0.602. The average Bonchev–Trinajstić information content (AvgIpc) is 2.60. The summed E-state index contributed by atoms with van der Waals surface area (Å²) in [7, 11) is 0. The summed E-state index contributed by atoms with van der Waals surface area (Å²) in [5.41, 5.74) is 0.996. The summed E-state index contributed by atoms with van der Waals surface area (Å²) in [6.07, 6.45) is -0.190. The van der Waals surface area contributed by atoms with E-state index < -0.39 is 11.8 Å². The molecule has 0 aliphatic carbocycles. The number of amides is 2. The fourth-order valence-corrected chi connectivity index (χ4v) is 2.43. The van der Waals surface area contributed by atoms with E-state index in [0.29, 0.717) is 11.3 Å². The molecule has 0 spiro atoms. The summed E-state index contributed by atoms with van der Waals surface area (Å²) in [5.74, 6) is -2.26. The second-order valence-electron chi connectivity index (χ2n) is 6.06. The molecule has 0 bridgehead atoms. The van der Waals surface area contributed by atoms with Gasteiger partial charge in [-0.3, -0.25) is 14.4 Å². The number of nitrogens with one attached hydrogen (secondary N) is 2. The van der Waals surface area contributed by atoms with Crippen LogP contribution in [0.1, 0.15) is 30.6 Å². The Balaban J connectivity index is 2.20. The van der Waals surface area contributed by atoms with Gasteiger partial charge < -0.3 is 10.6 Å². The number of hydrogen-bond donors (Lipinski definition) is 2. The van der Waals surface area contributed by atoms with Gasteiger partial charge in [0.2, 0.25) is 11.8 Å². The van der Waals surface area contributed by atoms with E-state index in [4.69, 9.17) is 0 Å². The van der Waals surface area contributed by atoms with Gasteiger partial charge in [-0.05, 0) is 26.0 Å². The van der Waals surface area contributed by atoms with E-state index in [9.17, 15) is 14.4 Å². The van der Waals surface area contributed by atoms with Crippen molar-refractivity contribution < 1.29 is 14.4 Å². The molecule has 2 N–H and O–H groups in total. The van der Waals surface area contributed by atoms with Gasteiger partial charge in [0, 0.05) is 23.7 Å². The molecular formula is C20H22N2O3. The highest BCUT2D eigenvalue weighted by Crippen LogP contribution is 2.16. The van der Waals surface area contributed by atoms with Crippen molar-refractivity contribution in [3.63, 3.8) is 0 Å². The van der Waals surface area contributed by atoms with Crippen LogP contribution < -0.4 is 10.6 Å². The van der Waals surface area contributed by atoms with Crippen molar-refractivity contribution in [1.82, 2.24) is 5.32 Å². The Morgan fingerprint density at radius 1 is 0.880 bits per heavy atom. The third-order valence-electron chi connectivity index (χ3n) is 3.57. The lowest BCUT2D eigenvalue weighted by Gasteiger charge is -2.17. The van der Waals surface area contributed by atoms with Crippen LogP contribution in [-0.2, 0) is 9.59 Å². The molecule has 2 rings (SSSR count). The number of carbonyl (C=O) groups is 3. The minimum atomic E-state index is -1.08. The minimum absolute atomic E-state index is 0.0582. The smallest absolute Gasteiger partial charge is 0.235 e.